The van der Waals surface area contributed by atoms with E-state index in [4.69, 9.17) is 4.74 Å². The quantitative estimate of drug-likeness (QED) is 0.685. The third-order valence-corrected chi connectivity index (χ3v) is 6.04. The second-order valence-electron chi connectivity index (χ2n) is 8.30. The number of carbonyl (C=O) groups is 2. The van der Waals surface area contributed by atoms with Gasteiger partial charge >= 0.3 is 0 Å². The first-order valence-corrected chi connectivity index (χ1v) is 10.9. The van der Waals surface area contributed by atoms with Gasteiger partial charge in [0.15, 0.2) is 6.61 Å². The molecule has 0 heterocycles. The summed E-state index contributed by atoms with van der Waals surface area (Å²) in [5.41, 5.74) is 2.81. The summed E-state index contributed by atoms with van der Waals surface area (Å²) in [6.45, 7) is 5.69. The number of carbonyl (C=O) groups excluding carboxylic acids is 2. The summed E-state index contributed by atoms with van der Waals surface area (Å²) in [5.74, 6) is -0.154. The number of hydrogen-bond acceptors (Lipinski definition) is 3. The van der Waals surface area contributed by atoms with E-state index in [1.807, 2.05) is 32.0 Å². The Hall–Kier alpha value is -2.89. The van der Waals surface area contributed by atoms with Gasteiger partial charge in [0.2, 0.25) is 5.91 Å². The van der Waals surface area contributed by atoms with Crippen LogP contribution >= 0.6 is 0 Å². The lowest BCUT2D eigenvalue weighted by Gasteiger charge is -2.29. The Bertz CT molecular complexity index is 907. The number of nitrogens with one attached hydrogen (secondary N) is 1. The Morgan fingerprint density at radius 2 is 1.81 bits per heavy atom. The molecule has 1 saturated carbocycles. The van der Waals surface area contributed by atoms with Crippen molar-refractivity contribution in [1.29, 1.82) is 0 Å². The van der Waals surface area contributed by atoms with Crippen LogP contribution < -0.4 is 10.1 Å². The van der Waals surface area contributed by atoms with E-state index in [-0.39, 0.29) is 36.8 Å². The van der Waals surface area contributed by atoms with Gasteiger partial charge in [-0.1, -0.05) is 37.1 Å². The summed E-state index contributed by atoms with van der Waals surface area (Å²) in [4.78, 5) is 27.5. The molecule has 0 aliphatic heterocycles. The van der Waals surface area contributed by atoms with Gasteiger partial charge in [-0.05, 0) is 68.5 Å². The molecule has 166 valence electrons. The number of ether oxygens (including phenoxy) is 1. The van der Waals surface area contributed by atoms with Gasteiger partial charge in [0, 0.05) is 12.6 Å². The molecule has 6 heteroatoms. The van der Waals surface area contributed by atoms with Gasteiger partial charge < -0.3 is 15.0 Å². The van der Waals surface area contributed by atoms with Crippen molar-refractivity contribution in [2.75, 3.05) is 6.61 Å². The normalized spacial score (nSPS) is 14.8. The van der Waals surface area contributed by atoms with Crippen molar-refractivity contribution >= 4 is 11.8 Å². The zero-order valence-corrected chi connectivity index (χ0v) is 18.5. The van der Waals surface area contributed by atoms with E-state index in [2.05, 4.69) is 5.32 Å². The number of hydrogen-bond donors (Lipinski definition) is 1. The van der Waals surface area contributed by atoms with Crippen molar-refractivity contribution in [1.82, 2.24) is 10.2 Å². The first-order valence-electron chi connectivity index (χ1n) is 10.9. The lowest BCUT2D eigenvalue weighted by atomic mass is 10.1. The van der Waals surface area contributed by atoms with Crippen LogP contribution in [0.5, 0.6) is 5.75 Å². The summed E-state index contributed by atoms with van der Waals surface area (Å²) in [6.07, 6.45) is 4.17. The Morgan fingerprint density at radius 1 is 1.13 bits per heavy atom. The van der Waals surface area contributed by atoms with E-state index in [0.29, 0.717) is 5.75 Å². The average Bonchev–Trinajstić information content (AvgIpc) is 3.26. The average molecular weight is 427 g/mol. The molecule has 1 aliphatic rings. The zero-order valence-electron chi connectivity index (χ0n) is 18.5. The monoisotopic (exact) mass is 426 g/mol. The number of aryl methyl sites for hydroxylation is 1. The van der Waals surface area contributed by atoms with Crippen LogP contribution in [0.3, 0.4) is 0 Å². The summed E-state index contributed by atoms with van der Waals surface area (Å²) < 4.78 is 19.1. The standard InChI is InChI=1S/C25H31FN2O3/c1-17-7-6-10-23(18(17)2)31-16-24(29)28(15-20-11-13-21(26)14-12-20)19(3)25(30)27-22-8-4-5-9-22/h6-7,10-14,19,22H,4-5,8-9,15-16H2,1-3H3,(H,27,30)/t19-/m1/s1. The Labute approximate surface area is 183 Å². The topological polar surface area (TPSA) is 58.6 Å². The highest BCUT2D eigenvalue weighted by Crippen LogP contribution is 2.21. The van der Waals surface area contributed by atoms with Crippen molar-refractivity contribution < 1.29 is 18.7 Å². The first kappa shape index (κ1) is 22.8. The van der Waals surface area contributed by atoms with Gasteiger partial charge in [0.25, 0.3) is 5.91 Å². The molecule has 31 heavy (non-hydrogen) atoms. The van der Waals surface area contributed by atoms with E-state index >= 15 is 0 Å². The van der Waals surface area contributed by atoms with Gasteiger partial charge in [-0.2, -0.15) is 0 Å². The van der Waals surface area contributed by atoms with Gasteiger partial charge in [-0.3, -0.25) is 9.59 Å². The second kappa shape index (κ2) is 10.4. The molecule has 1 fully saturated rings. The molecule has 1 N–H and O–H groups in total. The van der Waals surface area contributed by atoms with E-state index < -0.39 is 6.04 Å². The first-order chi connectivity index (χ1) is 14.8. The fourth-order valence-corrected chi connectivity index (χ4v) is 3.86. The molecule has 0 unspecified atom stereocenters. The van der Waals surface area contributed by atoms with Crippen LogP contribution in [0.2, 0.25) is 0 Å². The minimum Gasteiger partial charge on any atom is -0.483 e. The van der Waals surface area contributed by atoms with Crippen molar-refractivity contribution in [3.63, 3.8) is 0 Å². The van der Waals surface area contributed by atoms with Gasteiger partial charge in [0.05, 0.1) is 0 Å². The zero-order chi connectivity index (χ0) is 22.4. The van der Waals surface area contributed by atoms with Crippen LogP contribution in [-0.2, 0) is 16.1 Å². The number of nitrogens with zero attached hydrogens (tertiary/aromatic N) is 1. The van der Waals surface area contributed by atoms with Crippen LogP contribution in [-0.4, -0.2) is 35.4 Å². The summed E-state index contributed by atoms with van der Waals surface area (Å²) in [6, 6.07) is 11.2. The summed E-state index contributed by atoms with van der Waals surface area (Å²) >= 11 is 0. The lowest BCUT2D eigenvalue weighted by molar-refractivity contribution is -0.142. The van der Waals surface area contributed by atoms with Crippen LogP contribution in [0.25, 0.3) is 0 Å². The third-order valence-electron chi connectivity index (χ3n) is 6.04. The van der Waals surface area contributed by atoms with Gasteiger partial charge in [0.1, 0.15) is 17.6 Å². The van der Waals surface area contributed by atoms with E-state index in [1.165, 1.54) is 17.0 Å². The molecular weight excluding hydrogens is 395 g/mol. The lowest BCUT2D eigenvalue weighted by Crippen LogP contribution is -2.50. The number of amides is 2. The van der Waals surface area contributed by atoms with Crippen LogP contribution in [0.15, 0.2) is 42.5 Å². The molecule has 5 nitrogen and oxygen atoms in total. The van der Waals surface area contributed by atoms with E-state index in [9.17, 15) is 14.0 Å². The Kier molecular flexibility index (Phi) is 7.66. The molecule has 0 bridgehead atoms. The molecule has 2 aromatic rings. The van der Waals surface area contributed by atoms with Gasteiger partial charge in [-0.15, -0.1) is 0 Å². The fourth-order valence-electron chi connectivity index (χ4n) is 3.86. The van der Waals surface area contributed by atoms with Crippen molar-refractivity contribution in [2.24, 2.45) is 0 Å². The van der Waals surface area contributed by atoms with Crippen LogP contribution in [0.4, 0.5) is 4.39 Å². The van der Waals surface area contributed by atoms with E-state index in [0.717, 1.165) is 42.4 Å². The highest BCUT2D eigenvalue weighted by molar-refractivity contribution is 5.88. The minimum atomic E-state index is -0.666. The molecule has 0 aromatic heterocycles. The largest absolute Gasteiger partial charge is 0.483 e. The molecule has 2 amide bonds. The van der Waals surface area contributed by atoms with Gasteiger partial charge in [-0.25, -0.2) is 4.39 Å². The summed E-state index contributed by atoms with van der Waals surface area (Å²) in [7, 11) is 0. The molecular formula is C25H31FN2O3. The second-order valence-corrected chi connectivity index (χ2v) is 8.30. The minimum absolute atomic E-state index is 0.170. The van der Waals surface area contributed by atoms with Crippen molar-refractivity contribution in [3.05, 3.63) is 65.0 Å². The van der Waals surface area contributed by atoms with Crippen molar-refractivity contribution in [2.45, 2.75) is 65.1 Å². The number of halogens is 1. The maximum atomic E-state index is 13.3. The molecule has 2 aromatic carbocycles. The highest BCUT2D eigenvalue weighted by atomic mass is 19.1. The predicted octanol–water partition coefficient (Wildman–Crippen LogP) is 4.30. The smallest absolute Gasteiger partial charge is 0.261 e. The Balaban J connectivity index is 1.73. The molecule has 1 aliphatic carbocycles. The predicted molar refractivity (Wildman–Crippen MR) is 118 cm³/mol. The van der Waals surface area contributed by atoms with Crippen LogP contribution in [0.1, 0.15) is 49.3 Å². The summed E-state index contributed by atoms with van der Waals surface area (Å²) in [5, 5.41) is 3.07. The fraction of sp³-hybridized carbons (Fsp3) is 0.440. The maximum Gasteiger partial charge on any atom is 0.261 e. The molecule has 0 radical (unpaired) electrons. The Morgan fingerprint density at radius 3 is 2.48 bits per heavy atom. The highest BCUT2D eigenvalue weighted by Gasteiger charge is 2.28. The molecule has 1 atom stereocenters. The van der Waals surface area contributed by atoms with E-state index in [1.54, 1.807) is 19.1 Å². The van der Waals surface area contributed by atoms with Crippen LogP contribution in [0, 0.1) is 19.7 Å². The van der Waals surface area contributed by atoms with Crippen molar-refractivity contribution in [3.8, 4) is 5.75 Å². The third kappa shape index (κ3) is 6.06. The SMILES string of the molecule is Cc1cccc(OCC(=O)N(Cc2ccc(F)cc2)[C@H](C)C(=O)NC2CCCC2)c1C. The number of benzene rings is 2. The molecule has 0 spiro atoms. The molecule has 3 rings (SSSR count). The number of rotatable bonds is 8. The molecule has 0 saturated heterocycles. The maximum absolute atomic E-state index is 13.3.